The summed E-state index contributed by atoms with van der Waals surface area (Å²) in [6.45, 7) is 25.9. The van der Waals surface area contributed by atoms with Crippen molar-refractivity contribution in [3.05, 3.63) is 48.7 Å². The van der Waals surface area contributed by atoms with Crippen LogP contribution >= 0.6 is 0 Å². The number of nitrogens with zero attached hydrogens (tertiary/aromatic N) is 2. The molecule has 0 atom stereocenters. The first-order valence-electron chi connectivity index (χ1n) is 13.9. The van der Waals surface area contributed by atoms with E-state index in [1.165, 1.54) is 68.2 Å². The van der Waals surface area contributed by atoms with Crippen LogP contribution in [0.15, 0.2) is 43.1 Å². The van der Waals surface area contributed by atoms with E-state index in [1.54, 1.807) is 0 Å². The molecule has 0 unspecified atom stereocenters. The second-order valence-electron chi connectivity index (χ2n) is 12.2. The zero-order valence-electron chi connectivity index (χ0n) is 23.8. The van der Waals surface area contributed by atoms with Gasteiger partial charge in [0, 0.05) is 26.3 Å². The molecule has 2 nitrogen and oxygen atoms in total. The highest BCUT2D eigenvalue weighted by Gasteiger charge is 2.46. The molecule has 3 heteroatoms. The molecule has 1 saturated heterocycles. The van der Waals surface area contributed by atoms with Crippen molar-refractivity contribution in [2.75, 3.05) is 33.2 Å². The van der Waals surface area contributed by atoms with E-state index in [9.17, 15) is 0 Å². The molecule has 0 bridgehead atoms. The summed E-state index contributed by atoms with van der Waals surface area (Å²) in [7, 11) is 2.15. The van der Waals surface area contributed by atoms with Crippen molar-refractivity contribution in [2.24, 2.45) is 16.7 Å². The van der Waals surface area contributed by atoms with E-state index in [0.717, 1.165) is 19.0 Å². The van der Waals surface area contributed by atoms with Crippen LogP contribution in [0.2, 0.25) is 13.6 Å². The summed E-state index contributed by atoms with van der Waals surface area (Å²) in [6.07, 6.45) is 12.5. The molecular weight excluding hydrogens is 411 g/mol. The summed E-state index contributed by atoms with van der Waals surface area (Å²) < 4.78 is 0. The normalized spacial score (nSPS) is 17.2. The molecule has 0 spiro atoms. The predicted molar refractivity (Wildman–Crippen MR) is 155 cm³/mol. The Morgan fingerprint density at radius 3 is 2.15 bits per heavy atom. The average molecular weight is 465 g/mol. The van der Waals surface area contributed by atoms with Crippen LogP contribution in [0.1, 0.15) is 78.7 Å². The van der Waals surface area contributed by atoms with Gasteiger partial charge in [0.15, 0.2) is 6.71 Å². The Kier molecular flexibility index (Phi) is 11.0. The Morgan fingerprint density at radius 2 is 1.68 bits per heavy atom. The van der Waals surface area contributed by atoms with Gasteiger partial charge in [-0.15, -0.1) is 0 Å². The smallest absolute Gasteiger partial charge is 0.169 e. The standard InChI is InChI=1S/C19H29BN2.C12H24/c1-5-17(18-8-10-19(11-9-18)20(2)3)16-21(4)14-15-22-12-6-7-13-22;1-6-9-11(2,3)12(4,5)10-7-8-10/h5,8-11,16H,1,6-7,12-15H2,2-4H3;10H,6-9H2,1-5H3/b17-16+;. The molecule has 0 aromatic heterocycles. The molecule has 0 radical (unpaired) electrons. The lowest BCUT2D eigenvalue weighted by Gasteiger charge is -2.42. The molecule has 34 heavy (non-hydrogen) atoms. The summed E-state index contributed by atoms with van der Waals surface area (Å²) in [4.78, 5) is 4.83. The summed E-state index contributed by atoms with van der Waals surface area (Å²) in [5, 5.41) is 0. The molecule has 1 heterocycles. The van der Waals surface area contributed by atoms with Crippen molar-refractivity contribution in [1.82, 2.24) is 9.80 Å². The van der Waals surface area contributed by atoms with Gasteiger partial charge in [-0.05, 0) is 73.1 Å². The molecule has 0 N–H and O–H groups in total. The quantitative estimate of drug-likeness (QED) is 0.248. The number of hydrogen-bond acceptors (Lipinski definition) is 2. The van der Waals surface area contributed by atoms with Gasteiger partial charge >= 0.3 is 0 Å². The fraction of sp³-hybridized carbons (Fsp3) is 0.677. The van der Waals surface area contributed by atoms with Crippen LogP contribution in [-0.2, 0) is 0 Å². The monoisotopic (exact) mass is 464 g/mol. The fourth-order valence-corrected chi connectivity index (χ4v) is 5.22. The number of hydrogen-bond donors (Lipinski definition) is 0. The lowest BCUT2D eigenvalue weighted by molar-refractivity contribution is 0.0725. The fourth-order valence-electron chi connectivity index (χ4n) is 5.22. The number of rotatable bonds is 11. The topological polar surface area (TPSA) is 6.48 Å². The second kappa shape index (κ2) is 13.0. The van der Waals surface area contributed by atoms with Gasteiger partial charge in [-0.2, -0.15) is 0 Å². The summed E-state index contributed by atoms with van der Waals surface area (Å²) in [5.74, 6) is 1.01. The predicted octanol–water partition coefficient (Wildman–Crippen LogP) is 7.45. The Morgan fingerprint density at radius 1 is 1.09 bits per heavy atom. The minimum atomic E-state index is 0.531. The molecule has 2 fully saturated rings. The zero-order chi connectivity index (χ0) is 25.4. The van der Waals surface area contributed by atoms with Crippen LogP contribution < -0.4 is 5.46 Å². The van der Waals surface area contributed by atoms with Gasteiger partial charge in [-0.25, -0.2) is 0 Å². The summed E-state index contributed by atoms with van der Waals surface area (Å²) >= 11 is 0. The first-order valence-corrected chi connectivity index (χ1v) is 13.9. The van der Waals surface area contributed by atoms with Gasteiger partial charge in [0.2, 0.25) is 0 Å². The minimum Gasteiger partial charge on any atom is -0.379 e. The largest absolute Gasteiger partial charge is 0.379 e. The van der Waals surface area contributed by atoms with Gasteiger partial charge in [0.05, 0.1) is 0 Å². The van der Waals surface area contributed by atoms with Gasteiger partial charge in [-0.3, -0.25) is 0 Å². The first kappa shape index (κ1) is 28.8. The lowest BCUT2D eigenvalue weighted by atomic mass is 9.49. The van der Waals surface area contributed by atoms with E-state index in [0.29, 0.717) is 17.5 Å². The van der Waals surface area contributed by atoms with Crippen molar-refractivity contribution in [1.29, 1.82) is 0 Å². The van der Waals surface area contributed by atoms with Gasteiger partial charge < -0.3 is 9.80 Å². The minimum absolute atomic E-state index is 0.531. The zero-order valence-corrected chi connectivity index (χ0v) is 23.8. The Labute approximate surface area is 213 Å². The van der Waals surface area contributed by atoms with Crippen molar-refractivity contribution in [3.63, 3.8) is 0 Å². The van der Waals surface area contributed by atoms with E-state index in [1.807, 2.05) is 6.08 Å². The highest BCUT2D eigenvalue weighted by molar-refractivity contribution is 6.70. The van der Waals surface area contributed by atoms with Crippen LogP contribution in [0.5, 0.6) is 0 Å². The molecular formula is C31H53BN2. The maximum atomic E-state index is 3.98. The van der Waals surface area contributed by atoms with Crippen LogP contribution in [-0.4, -0.2) is 49.7 Å². The Hall–Kier alpha value is -1.48. The molecule has 3 rings (SSSR count). The van der Waals surface area contributed by atoms with Crippen LogP contribution in [0, 0.1) is 16.7 Å². The van der Waals surface area contributed by atoms with Crippen molar-refractivity contribution < 1.29 is 0 Å². The van der Waals surface area contributed by atoms with Crippen LogP contribution in [0.25, 0.3) is 5.57 Å². The van der Waals surface area contributed by atoms with Gasteiger partial charge in [0.1, 0.15) is 0 Å². The highest BCUT2D eigenvalue weighted by atomic mass is 15.2. The molecule has 1 aliphatic carbocycles. The number of likely N-dealkylation sites (tertiary alicyclic amines) is 1. The van der Waals surface area contributed by atoms with Crippen LogP contribution in [0.4, 0.5) is 0 Å². The molecule has 1 saturated carbocycles. The number of benzene rings is 1. The Balaban J connectivity index is 0.000000287. The molecule has 190 valence electrons. The van der Waals surface area contributed by atoms with Crippen molar-refractivity contribution in [2.45, 2.75) is 86.8 Å². The van der Waals surface area contributed by atoms with Crippen LogP contribution in [0.3, 0.4) is 0 Å². The third-order valence-electron chi connectivity index (χ3n) is 8.67. The SMILES string of the molecule is C=C/C(=C\N(C)CCN1CCCC1)c1ccc(B(C)C)cc1.CCCC(C)(C)C(C)(C)C1CC1. The third kappa shape index (κ3) is 8.33. The number of allylic oxidation sites excluding steroid dienone is 2. The summed E-state index contributed by atoms with van der Waals surface area (Å²) in [6, 6.07) is 8.86. The van der Waals surface area contributed by atoms with E-state index < -0.39 is 0 Å². The molecule has 0 amide bonds. The average Bonchev–Trinajstić information content (AvgIpc) is 3.53. The maximum absolute atomic E-state index is 3.98. The van der Waals surface area contributed by atoms with Crippen molar-refractivity contribution in [3.8, 4) is 0 Å². The van der Waals surface area contributed by atoms with E-state index >= 15 is 0 Å². The second-order valence-corrected chi connectivity index (χ2v) is 12.2. The summed E-state index contributed by atoms with van der Waals surface area (Å²) in [5.41, 5.74) is 4.91. The molecule has 1 aliphatic heterocycles. The first-order chi connectivity index (χ1) is 16.0. The van der Waals surface area contributed by atoms with E-state index in [4.69, 9.17) is 0 Å². The Bertz CT molecular complexity index is 765. The molecule has 2 aliphatic rings. The molecule has 1 aromatic rings. The maximum Gasteiger partial charge on any atom is 0.169 e. The number of likely N-dealkylation sites (N-methyl/N-ethyl adjacent to an activating group) is 1. The molecule has 1 aromatic carbocycles. The van der Waals surface area contributed by atoms with Gasteiger partial charge in [-0.1, -0.05) is 97.1 Å². The van der Waals surface area contributed by atoms with Crippen molar-refractivity contribution >= 4 is 17.7 Å². The lowest BCUT2D eigenvalue weighted by Crippen LogP contribution is -2.34. The van der Waals surface area contributed by atoms with E-state index in [2.05, 4.69) is 102 Å². The highest BCUT2D eigenvalue weighted by Crippen LogP contribution is 2.56. The van der Waals surface area contributed by atoms with Gasteiger partial charge in [0.25, 0.3) is 0 Å². The third-order valence-corrected chi connectivity index (χ3v) is 8.67. The van der Waals surface area contributed by atoms with E-state index in [-0.39, 0.29) is 0 Å².